The van der Waals surface area contributed by atoms with Crippen molar-refractivity contribution in [3.63, 3.8) is 0 Å². The molecule has 0 radical (unpaired) electrons. The molecule has 9 heteroatoms. The molecule has 1 fully saturated rings. The third-order valence-electron chi connectivity index (χ3n) is 7.72. The first-order valence-corrected chi connectivity index (χ1v) is 14.1. The maximum absolute atomic E-state index is 13.8. The highest BCUT2D eigenvalue weighted by Crippen LogP contribution is 2.56. The zero-order valence-electron chi connectivity index (χ0n) is 19.1. The second-order valence-electron chi connectivity index (χ2n) is 9.59. The van der Waals surface area contributed by atoms with Crippen molar-refractivity contribution < 1.29 is 24.3 Å². The van der Waals surface area contributed by atoms with Crippen molar-refractivity contribution in [3.05, 3.63) is 90.3 Å². The van der Waals surface area contributed by atoms with Crippen molar-refractivity contribution in [2.75, 3.05) is 4.90 Å². The monoisotopic (exact) mass is 685 g/mol. The predicted octanol–water partition coefficient (Wildman–Crippen LogP) is 5.88. The highest BCUT2D eigenvalue weighted by atomic mass is 79.9. The molecule has 2 aromatic carbocycles. The van der Waals surface area contributed by atoms with E-state index in [4.69, 9.17) is 0 Å². The lowest BCUT2D eigenvalue weighted by molar-refractivity contribution is -0.123. The molecule has 4 atom stereocenters. The smallest absolute Gasteiger partial charge is 0.238 e. The molecule has 6 nitrogen and oxygen atoms in total. The molecule has 3 aliphatic carbocycles. The number of imide groups is 1. The van der Waals surface area contributed by atoms with Gasteiger partial charge in [-0.3, -0.25) is 24.1 Å². The molecular weight excluding hydrogens is 670 g/mol. The van der Waals surface area contributed by atoms with Gasteiger partial charge in [0.25, 0.3) is 0 Å². The van der Waals surface area contributed by atoms with Crippen LogP contribution in [0.2, 0.25) is 0 Å². The lowest BCUT2D eigenvalue weighted by Crippen LogP contribution is -2.39. The van der Waals surface area contributed by atoms with Crippen molar-refractivity contribution >= 4 is 76.9 Å². The Balaban J connectivity index is 1.50. The number of ketones is 2. The van der Waals surface area contributed by atoms with Crippen LogP contribution in [0, 0.1) is 17.8 Å². The Hall–Kier alpha value is -2.62. The van der Waals surface area contributed by atoms with E-state index < -0.39 is 23.7 Å². The van der Waals surface area contributed by atoms with Crippen LogP contribution < -0.4 is 4.90 Å². The fraction of sp³-hybridized carbons (Fsp3) is 0.214. The van der Waals surface area contributed by atoms with Gasteiger partial charge >= 0.3 is 0 Å². The van der Waals surface area contributed by atoms with Crippen LogP contribution >= 0.6 is 47.8 Å². The number of benzene rings is 2. The highest BCUT2D eigenvalue weighted by Gasteiger charge is 2.56. The van der Waals surface area contributed by atoms with Gasteiger partial charge in [0.15, 0.2) is 11.6 Å². The van der Waals surface area contributed by atoms with Gasteiger partial charge in [-0.25, -0.2) is 0 Å². The summed E-state index contributed by atoms with van der Waals surface area (Å²) < 4.78 is 1.71. The van der Waals surface area contributed by atoms with E-state index in [0.29, 0.717) is 33.3 Å². The minimum Gasteiger partial charge on any atom is -0.508 e. The summed E-state index contributed by atoms with van der Waals surface area (Å²) in [6.07, 6.45) is 3.72. The molecule has 1 saturated heterocycles. The lowest BCUT2D eigenvalue weighted by atomic mass is 9.59. The van der Waals surface area contributed by atoms with Crippen LogP contribution in [0.25, 0.3) is 0 Å². The van der Waals surface area contributed by atoms with E-state index in [0.717, 1.165) is 10.0 Å². The summed E-state index contributed by atoms with van der Waals surface area (Å²) in [4.78, 5) is 55.1. The number of fused-ring (bicyclic) bond motifs is 3. The van der Waals surface area contributed by atoms with Gasteiger partial charge in [0.2, 0.25) is 11.8 Å². The van der Waals surface area contributed by atoms with E-state index in [-0.39, 0.29) is 40.0 Å². The highest BCUT2D eigenvalue weighted by molar-refractivity contribution is 9.12. The summed E-state index contributed by atoms with van der Waals surface area (Å²) in [5, 5.41) is 10.8. The Morgan fingerprint density at radius 2 is 1.57 bits per heavy atom. The van der Waals surface area contributed by atoms with Crippen LogP contribution in [-0.2, 0) is 19.2 Å². The Kier molecular flexibility index (Phi) is 6.00. The largest absolute Gasteiger partial charge is 0.508 e. The molecule has 37 heavy (non-hydrogen) atoms. The Labute approximate surface area is 237 Å². The van der Waals surface area contributed by atoms with E-state index in [1.165, 1.54) is 17.0 Å². The van der Waals surface area contributed by atoms with E-state index in [2.05, 4.69) is 47.8 Å². The standard InChI is InChI=1S/C28H18Br3NO5/c29-12-1-4-14(5-2-12)32-27(36)16-7-6-15-17(24(16)28(32)37)10-19-25(22(34)11-20(31)26(19)35)23(15)18-9-13(30)3-8-21(18)33/h1-6,8-9,11,16-17,23-24,33H,7,10H2. The third-order valence-corrected chi connectivity index (χ3v) is 9.33. The molecule has 1 N–H and O–H groups in total. The molecule has 4 aliphatic rings. The fourth-order valence-corrected chi connectivity index (χ4v) is 7.25. The quantitative estimate of drug-likeness (QED) is 0.242. The van der Waals surface area contributed by atoms with Crippen LogP contribution in [0.4, 0.5) is 5.69 Å². The molecule has 2 aromatic rings. The zero-order chi connectivity index (χ0) is 26.2. The SMILES string of the molecule is O=C1C=C(Br)C(=O)C2=C1C(c1cc(Br)ccc1O)C1=CCC3C(=O)N(c4ccc(Br)cc4)C(=O)C3C1C2. The van der Waals surface area contributed by atoms with E-state index >= 15 is 0 Å². The summed E-state index contributed by atoms with van der Waals surface area (Å²) in [5.74, 6) is -3.60. The summed E-state index contributed by atoms with van der Waals surface area (Å²) in [6, 6.07) is 12.0. The molecule has 4 unspecified atom stereocenters. The second-order valence-corrected chi connectivity index (χ2v) is 12.3. The molecule has 0 saturated carbocycles. The van der Waals surface area contributed by atoms with Gasteiger partial charge in [-0.15, -0.1) is 0 Å². The molecule has 2 amide bonds. The Bertz CT molecular complexity index is 1520. The molecule has 6 rings (SSSR count). The van der Waals surface area contributed by atoms with Gasteiger partial charge in [-0.2, -0.15) is 0 Å². The molecule has 0 aromatic heterocycles. The molecular formula is C28H18Br3NO5. The number of hydrogen-bond acceptors (Lipinski definition) is 5. The van der Waals surface area contributed by atoms with Crippen molar-refractivity contribution in [2.24, 2.45) is 17.8 Å². The van der Waals surface area contributed by atoms with Crippen molar-refractivity contribution in [3.8, 4) is 5.75 Å². The number of phenolic OH excluding ortho intramolecular Hbond substituents is 1. The van der Waals surface area contributed by atoms with E-state index in [1.807, 2.05) is 6.08 Å². The van der Waals surface area contributed by atoms with Crippen LogP contribution in [0.3, 0.4) is 0 Å². The Morgan fingerprint density at radius 3 is 2.30 bits per heavy atom. The number of amides is 2. The van der Waals surface area contributed by atoms with E-state index in [9.17, 15) is 24.3 Å². The number of carbonyl (C=O) groups is 4. The molecule has 0 spiro atoms. The van der Waals surface area contributed by atoms with Crippen molar-refractivity contribution in [2.45, 2.75) is 18.8 Å². The number of nitrogens with zero attached hydrogens (tertiary/aromatic N) is 1. The number of aromatic hydroxyl groups is 1. The molecule has 1 aliphatic heterocycles. The van der Waals surface area contributed by atoms with Gasteiger partial charge in [0.1, 0.15) is 5.75 Å². The summed E-state index contributed by atoms with van der Waals surface area (Å²) in [5.41, 5.74) is 2.42. The zero-order valence-corrected chi connectivity index (χ0v) is 23.8. The maximum Gasteiger partial charge on any atom is 0.238 e. The minimum absolute atomic E-state index is 0.0112. The Morgan fingerprint density at radius 1 is 0.865 bits per heavy atom. The van der Waals surface area contributed by atoms with Crippen LogP contribution in [-0.4, -0.2) is 28.5 Å². The number of Topliss-reactive ketones (excluding diaryl/α,β-unsaturated/α-hetero) is 1. The van der Waals surface area contributed by atoms with Crippen LogP contribution in [0.5, 0.6) is 5.75 Å². The van der Waals surface area contributed by atoms with Gasteiger partial charge in [-0.1, -0.05) is 43.5 Å². The minimum atomic E-state index is -0.704. The van der Waals surface area contributed by atoms with Gasteiger partial charge < -0.3 is 5.11 Å². The number of rotatable bonds is 2. The topological polar surface area (TPSA) is 91.8 Å². The summed E-state index contributed by atoms with van der Waals surface area (Å²) in [7, 11) is 0. The summed E-state index contributed by atoms with van der Waals surface area (Å²) in [6.45, 7) is 0. The number of phenols is 1. The van der Waals surface area contributed by atoms with Crippen molar-refractivity contribution in [1.29, 1.82) is 0 Å². The first kappa shape index (κ1) is 24.7. The van der Waals surface area contributed by atoms with E-state index in [1.54, 1.807) is 36.4 Å². The van der Waals surface area contributed by atoms with Crippen LogP contribution in [0.15, 0.2) is 84.8 Å². The van der Waals surface area contributed by atoms with Gasteiger partial charge in [0.05, 0.1) is 22.0 Å². The third kappa shape index (κ3) is 3.77. The lowest BCUT2D eigenvalue weighted by Gasteiger charge is -2.42. The summed E-state index contributed by atoms with van der Waals surface area (Å²) >= 11 is 10.1. The van der Waals surface area contributed by atoms with Gasteiger partial charge in [-0.05, 0) is 77.2 Å². The second kappa shape index (κ2) is 8.99. The number of allylic oxidation sites excluding steroid dienone is 6. The fourth-order valence-electron chi connectivity index (χ4n) is 6.16. The predicted molar refractivity (Wildman–Crippen MR) is 147 cm³/mol. The van der Waals surface area contributed by atoms with Gasteiger partial charge in [0, 0.05) is 37.6 Å². The molecule has 0 bridgehead atoms. The first-order valence-electron chi connectivity index (χ1n) is 11.7. The van der Waals surface area contributed by atoms with Crippen molar-refractivity contribution in [1.82, 2.24) is 0 Å². The molecule has 1 heterocycles. The van der Waals surface area contributed by atoms with Crippen LogP contribution in [0.1, 0.15) is 24.3 Å². The number of hydrogen-bond donors (Lipinski definition) is 1. The average Bonchev–Trinajstić information content (AvgIpc) is 3.13. The molecule has 186 valence electrons. The number of halogens is 3. The number of carbonyl (C=O) groups excluding carboxylic acids is 4. The first-order chi connectivity index (χ1) is 17.7. The number of anilines is 1. The average molecular weight is 688 g/mol. The maximum atomic E-state index is 13.8. The normalized spacial score (nSPS) is 27.1.